The van der Waals surface area contributed by atoms with Crippen LogP contribution < -0.4 is 0 Å². The summed E-state index contributed by atoms with van der Waals surface area (Å²) in [6.07, 6.45) is -3.93. The van der Waals surface area contributed by atoms with Gasteiger partial charge in [0.15, 0.2) is 72.8 Å². The smallest absolute Gasteiger partial charge is 0.296 e. The van der Waals surface area contributed by atoms with Gasteiger partial charge in [-0.25, -0.2) is 101 Å². The average molecular weight is 2120 g/mol. The lowest BCUT2D eigenvalue weighted by molar-refractivity contribution is -0.138. The molecule has 15 aromatic heterocycles. The number of pyridine rings is 5. The normalized spacial score (nSPS) is 14.1. The van der Waals surface area contributed by atoms with E-state index in [1.807, 2.05) is 38.1 Å². The summed E-state index contributed by atoms with van der Waals surface area (Å²) in [5.41, 5.74) is 3.87. The van der Waals surface area contributed by atoms with E-state index in [9.17, 15) is 91.1 Å². The van der Waals surface area contributed by atoms with Crippen molar-refractivity contribution < 1.29 is 91.1 Å². The minimum Gasteiger partial charge on any atom is -0.296 e. The second kappa shape index (κ2) is 38.1. The third-order valence-electron chi connectivity index (χ3n) is 24.3. The van der Waals surface area contributed by atoms with Crippen molar-refractivity contribution in [2.45, 2.75) is 183 Å². The van der Waals surface area contributed by atoms with Crippen LogP contribution in [-0.2, 0) is 127 Å². The number of alkyl halides is 15. The number of fused-ring (bicyclic) bond motifs is 10. The van der Waals surface area contributed by atoms with Crippen molar-refractivity contribution in [2.75, 3.05) is 28.8 Å². The first-order valence-corrected chi connectivity index (χ1v) is 52.0. The fraction of sp³-hybridized carbons (Fsp3) is 0.380. The van der Waals surface area contributed by atoms with Gasteiger partial charge in [0.2, 0.25) is 29.7 Å². The van der Waals surface area contributed by atoms with Gasteiger partial charge in [-0.15, -0.1) is 23.5 Å². The first kappa shape index (κ1) is 104. The fourth-order valence-electron chi connectivity index (χ4n) is 16.8. The topological polar surface area (TPSA) is 345 Å². The third kappa shape index (κ3) is 19.9. The van der Waals surface area contributed by atoms with Gasteiger partial charge in [-0.1, -0.05) is 83.8 Å². The molecule has 0 bridgehead atoms. The number of halogens is 16. The molecule has 0 aliphatic heterocycles. The quantitative estimate of drug-likeness (QED) is 0.0569. The van der Waals surface area contributed by atoms with Crippen molar-refractivity contribution in [3.05, 3.63) is 182 Å². The van der Waals surface area contributed by atoms with Crippen LogP contribution in [0.25, 0.3) is 118 Å². The highest BCUT2D eigenvalue weighted by atomic mass is 35.5. The summed E-state index contributed by atoms with van der Waals surface area (Å²) in [6, 6.07) is 20.6. The number of benzene rings is 3. The molecule has 0 fully saturated rings. The Labute approximate surface area is 824 Å². The number of rotatable bonds is 18. The maximum Gasteiger partial charge on any atom is 0.417 e. The van der Waals surface area contributed by atoms with Crippen molar-refractivity contribution in [2.24, 2.45) is 40.7 Å². The highest BCUT2D eigenvalue weighted by Crippen LogP contribution is 2.45. The molecule has 15 heterocycles. The lowest BCUT2D eigenvalue weighted by atomic mass is 9.77. The van der Waals surface area contributed by atoms with Crippen LogP contribution in [0.15, 0.2) is 141 Å². The van der Waals surface area contributed by atoms with E-state index in [0.29, 0.717) is 89.4 Å². The Balaban J connectivity index is 0.000000129. The fourth-order valence-corrected chi connectivity index (χ4v) is 22.4. The highest BCUT2D eigenvalue weighted by molar-refractivity contribution is 7.99. The van der Waals surface area contributed by atoms with Crippen LogP contribution in [0.2, 0.25) is 5.02 Å². The maximum absolute atomic E-state index is 14.2. The molecule has 2 aliphatic rings. The highest BCUT2D eigenvalue weighted by Gasteiger charge is 2.42. The van der Waals surface area contributed by atoms with Gasteiger partial charge in [0.25, 0.3) is 17.8 Å². The molecule has 762 valence electrons. The number of thioether (sulfide) groups is 2. The Morgan fingerprint density at radius 1 is 0.382 bits per heavy atom. The minimum atomic E-state index is -4.66. The van der Waals surface area contributed by atoms with E-state index < -0.39 is 88.1 Å². The number of hydrogen-bond acceptors (Lipinski definition) is 23. The van der Waals surface area contributed by atoms with Gasteiger partial charge in [0.1, 0.15) is 43.2 Å². The Morgan fingerprint density at radius 3 is 1.15 bits per heavy atom. The predicted octanol–water partition coefficient (Wildman–Crippen LogP) is 20.6. The zero-order chi connectivity index (χ0) is 105. The van der Waals surface area contributed by atoms with Crippen LogP contribution in [0.4, 0.5) is 65.9 Å². The molecule has 0 N–H and O–H groups in total. The molecule has 0 atom stereocenters. The molecule has 0 unspecified atom stereocenters. The van der Waals surface area contributed by atoms with Crippen LogP contribution in [0.1, 0.15) is 150 Å². The van der Waals surface area contributed by atoms with Crippen molar-refractivity contribution in [1.82, 2.24) is 122 Å². The number of aromatic nitrogens is 25. The van der Waals surface area contributed by atoms with Crippen molar-refractivity contribution in [1.29, 1.82) is 0 Å². The summed E-state index contributed by atoms with van der Waals surface area (Å²) in [4.78, 5) is 41.7. The van der Waals surface area contributed by atoms with Gasteiger partial charge in [-0.05, 0) is 136 Å². The van der Waals surface area contributed by atoms with E-state index in [4.69, 9.17) is 11.6 Å². The zero-order valence-corrected chi connectivity index (χ0v) is 84.5. The zero-order valence-electron chi connectivity index (χ0n) is 79.7. The van der Waals surface area contributed by atoms with E-state index in [1.165, 1.54) is 62.9 Å². The Bertz CT molecular complexity index is 8390. The predicted molar refractivity (Wildman–Crippen MR) is 513 cm³/mol. The van der Waals surface area contributed by atoms with Gasteiger partial charge in [-0.2, -0.15) is 88.4 Å². The molecule has 52 heteroatoms. The van der Waals surface area contributed by atoms with Crippen LogP contribution in [0, 0.1) is 12.3 Å². The number of aryl methyl sites for hydroxylation is 7. The number of nitrogens with zero attached hydrogens (tertiary/aromatic N) is 25. The molecule has 20 rings (SSSR count). The monoisotopic (exact) mass is 2120 g/mol. The molecule has 0 saturated carbocycles. The summed E-state index contributed by atoms with van der Waals surface area (Å²) in [7, 11) is -3.03. The molecule has 0 spiro atoms. The standard InChI is InChI=1S/C19H16F5N5O2S.C19H22F3N5O2S.C18H16ClF2N5S.C18H16F3N5S.C18H21F2N5O2S/c1-4-32(30,31)16-11-6-5-7-12(18(2,20)21)14(11)27-29(16)17-26-13-8-10(19(22,23)24)9-25-15(13)28(17)3;1-5-30(28,29)16-12-6-7-18(2,3)9-14(12)25-27(16)17-24-13-8-11(19(20,21)22)10-23-15(13)26(17)4;1-4-27-16-12-6-5-11(19)8-13(12)24-26(16)17-23-14-7-10(18(2,20)21)9-22-15(14)25(17)3;1-4-27-16-12-7-10(2)5-6-13(12)24-26(16)17-23-14-8-11(18(19,20)21)9-22-15(14)25(17)3;1-4-28(26,27)16-12-7-5-6-8-13(12)23-25(16)17-22-14-9-11(18(2,19)20)10-21-15(14)24(17)3/h5-9H,4H2,1-3H3;8,10H,5-7,9H2,1-4H3;2*5-9H,4H2,1-3H3;9-10H,4-8H2,1-3H3. The van der Waals surface area contributed by atoms with E-state index >= 15 is 0 Å². The SMILES string of the molecule is CCS(=O)(=O)c1c2c(nn1-c1nc3cc(C(C)(F)F)cnc3n1C)CCCC2.CCS(=O)(=O)c1c2c(nn1-c1nc3cc(C(F)(F)F)cnc3n1C)CC(C)(C)CC2.CCS(=O)(=O)c1c2cccc(C(C)(F)F)c2nn1-c1nc2cc(C(F)(F)F)cnc2n1C.CCSc1c2cc(C)ccc2nn1-c1nc2cc(C(F)(F)F)cnc2n1C.CCSc1c2ccc(Cl)cc2nn1-c1nc2cc(C(C)(F)F)cnc2n1C. The first-order chi connectivity index (χ1) is 67.3. The number of hydrogen-bond donors (Lipinski definition) is 0. The van der Waals surface area contributed by atoms with Gasteiger partial charge >= 0.3 is 18.5 Å². The molecular weight excluding hydrogens is 2030 g/mol. The lowest BCUT2D eigenvalue weighted by Gasteiger charge is -2.28. The average Bonchev–Trinajstić information content (AvgIpc) is 1.49. The van der Waals surface area contributed by atoms with Gasteiger partial charge < -0.3 is 0 Å². The summed E-state index contributed by atoms with van der Waals surface area (Å²) in [6.45, 7) is 17.1. The minimum absolute atomic E-state index is 0.0189. The summed E-state index contributed by atoms with van der Waals surface area (Å²) >= 11 is 9.34. The van der Waals surface area contributed by atoms with E-state index in [0.717, 1.165) is 141 Å². The largest absolute Gasteiger partial charge is 0.417 e. The first-order valence-electron chi connectivity index (χ1n) is 44.7. The van der Waals surface area contributed by atoms with Crippen LogP contribution in [0.5, 0.6) is 0 Å². The van der Waals surface area contributed by atoms with E-state index in [2.05, 4.69) is 102 Å². The maximum atomic E-state index is 14.2. The molecule has 144 heavy (non-hydrogen) atoms. The second-order valence-electron chi connectivity index (χ2n) is 35.3. The van der Waals surface area contributed by atoms with Crippen molar-refractivity contribution in [3.8, 4) is 29.7 Å². The Kier molecular flexibility index (Phi) is 27.6. The Morgan fingerprint density at radius 2 is 0.750 bits per heavy atom. The second-order valence-corrected chi connectivity index (χ2v) is 44.8. The molecular formula is C92H91ClF15N25O6S5. The van der Waals surface area contributed by atoms with Crippen molar-refractivity contribution in [3.63, 3.8) is 0 Å². The Hall–Kier alpha value is -12.6. The molecule has 31 nitrogen and oxygen atoms in total. The lowest BCUT2D eigenvalue weighted by Crippen LogP contribution is -2.22. The summed E-state index contributed by atoms with van der Waals surface area (Å²) < 4.78 is 292. The van der Waals surface area contributed by atoms with Crippen LogP contribution in [0.3, 0.4) is 0 Å². The summed E-state index contributed by atoms with van der Waals surface area (Å²) in [5.74, 6) is -7.06. The summed E-state index contributed by atoms with van der Waals surface area (Å²) in [5, 5.41) is 26.7. The van der Waals surface area contributed by atoms with E-state index in [1.54, 1.807) is 94.7 Å². The van der Waals surface area contributed by atoms with Crippen LogP contribution >= 0.6 is 35.1 Å². The van der Waals surface area contributed by atoms with E-state index in [-0.39, 0.29) is 111 Å². The van der Waals surface area contributed by atoms with Gasteiger partial charge in [0, 0.05) is 136 Å². The molecule has 0 radical (unpaired) electrons. The third-order valence-corrected chi connectivity index (χ3v) is 31.7. The van der Waals surface area contributed by atoms with Gasteiger partial charge in [-0.3, -0.25) is 22.8 Å². The molecule has 18 aromatic rings. The van der Waals surface area contributed by atoms with Gasteiger partial charge in [0.05, 0.1) is 56.4 Å². The molecule has 0 amide bonds. The van der Waals surface area contributed by atoms with Crippen LogP contribution in [-0.4, -0.2) is 176 Å². The molecule has 2 aliphatic carbocycles. The number of sulfone groups is 3. The number of imidazole rings is 5. The molecule has 3 aromatic carbocycles. The molecule has 0 saturated heterocycles. The van der Waals surface area contributed by atoms with Crippen molar-refractivity contribution >= 4 is 153 Å².